The molecule has 6 nitrogen and oxygen atoms in total. The van der Waals surface area contributed by atoms with E-state index in [0.717, 1.165) is 0 Å². The normalized spacial score (nSPS) is 11.6. The molecule has 0 aliphatic rings. The van der Waals surface area contributed by atoms with Crippen LogP contribution in [0.3, 0.4) is 0 Å². The summed E-state index contributed by atoms with van der Waals surface area (Å²) in [5.41, 5.74) is 2.56. The molecule has 1 atom stereocenters. The van der Waals surface area contributed by atoms with Crippen molar-refractivity contribution >= 4 is 29.0 Å². The van der Waals surface area contributed by atoms with E-state index in [2.05, 4.69) is 5.32 Å². The maximum absolute atomic E-state index is 12.4. The van der Waals surface area contributed by atoms with Gasteiger partial charge in [0.05, 0.1) is 23.0 Å². The molecule has 1 amide bonds. The summed E-state index contributed by atoms with van der Waals surface area (Å²) in [6.07, 6.45) is 0. The number of nitro benzene ring substituents is 1. The highest BCUT2D eigenvalue weighted by Crippen LogP contribution is 2.30. The number of amides is 1. The third-order valence-electron chi connectivity index (χ3n) is 3.77. The fraction of sp³-hybridized carbons (Fsp3) is 0.278. The fourth-order valence-electron chi connectivity index (χ4n) is 2.20. The first kappa shape index (κ1) is 18.8. The van der Waals surface area contributed by atoms with E-state index in [1.807, 2.05) is 38.1 Å². The van der Waals surface area contributed by atoms with Crippen LogP contribution in [0.15, 0.2) is 42.5 Å². The summed E-state index contributed by atoms with van der Waals surface area (Å²) in [6, 6.07) is 12.1. The molecular formula is C18H20N2O4S. The van der Waals surface area contributed by atoms with Gasteiger partial charge >= 0.3 is 0 Å². The van der Waals surface area contributed by atoms with Crippen molar-refractivity contribution in [2.45, 2.75) is 24.9 Å². The molecule has 2 rings (SSSR count). The quantitative estimate of drug-likeness (QED) is 0.592. The number of hydrogen-bond acceptors (Lipinski definition) is 5. The monoisotopic (exact) mass is 360 g/mol. The number of nitro groups is 1. The summed E-state index contributed by atoms with van der Waals surface area (Å²) in [4.78, 5) is 22.8. The topological polar surface area (TPSA) is 81.5 Å². The molecule has 0 aliphatic heterocycles. The van der Waals surface area contributed by atoms with Crippen LogP contribution >= 0.6 is 11.8 Å². The zero-order valence-electron chi connectivity index (χ0n) is 14.3. The van der Waals surface area contributed by atoms with Crippen molar-refractivity contribution in [1.82, 2.24) is 0 Å². The number of thioether (sulfide) groups is 1. The standard InChI is InChI=1S/C18H20N2O4S/c1-12-6-4-5-7-14(12)11-25-13(2)18(21)19-16-10-15(20(22)23)8-9-17(16)24-3/h4-10,13H,11H2,1-3H3,(H,19,21)/t13-/m1/s1. The van der Waals surface area contributed by atoms with Gasteiger partial charge in [-0.2, -0.15) is 0 Å². The number of aryl methyl sites for hydroxylation is 1. The van der Waals surface area contributed by atoms with Crippen LogP contribution in [0.2, 0.25) is 0 Å². The van der Waals surface area contributed by atoms with E-state index in [9.17, 15) is 14.9 Å². The number of hydrogen-bond donors (Lipinski definition) is 1. The first-order chi connectivity index (χ1) is 11.9. The van der Waals surface area contributed by atoms with E-state index in [1.165, 1.54) is 48.2 Å². The van der Waals surface area contributed by atoms with Gasteiger partial charge in [0.2, 0.25) is 5.91 Å². The lowest BCUT2D eigenvalue weighted by molar-refractivity contribution is -0.384. The van der Waals surface area contributed by atoms with Crippen LogP contribution in [-0.2, 0) is 10.5 Å². The molecule has 1 N–H and O–H groups in total. The molecule has 2 aromatic rings. The Balaban J connectivity index is 2.04. The molecule has 0 aromatic heterocycles. The number of nitrogens with one attached hydrogen (secondary N) is 1. The van der Waals surface area contributed by atoms with Crippen molar-refractivity contribution in [2.24, 2.45) is 0 Å². The molecule has 0 heterocycles. The highest BCUT2D eigenvalue weighted by molar-refractivity contribution is 7.99. The molecule has 0 aliphatic carbocycles. The van der Waals surface area contributed by atoms with Gasteiger partial charge in [0.25, 0.3) is 5.69 Å². The lowest BCUT2D eigenvalue weighted by Crippen LogP contribution is -2.23. The second-order valence-electron chi connectivity index (χ2n) is 5.51. The van der Waals surface area contributed by atoms with Gasteiger partial charge in [-0.15, -0.1) is 11.8 Å². The van der Waals surface area contributed by atoms with Gasteiger partial charge in [-0.1, -0.05) is 24.3 Å². The average Bonchev–Trinajstić information content (AvgIpc) is 2.60. The molecule has 0 unspecified atom stereocenters. The summed E-state index contributed by atoms with van der Waals surface area (Å²) in [6.45, 7) is 3.84. The molecular weight excluding hydrogens is 340 g/mol. The van der Waals surface area contributed by atoms with Gasteiger partial charge in [-0.05, 0) is 31.0 Å². The Morgan fingerprint density at radius 3 is 2.68 bits per heavy atom. The van der Waals surface area contributed by atoms with Crippen LogP contribution in [0.1, 0.15) is 18.1 Å². The number of carbonyl (C=O) groups is 1. The first-order valence-electron chi connectivity index (χ1n) is 7.71. The van der Waals surface area contributed by atoms with Crippen molar-refractivity contribution in [1.29, 1.82) is 0 Å². The van der Waals surface area contributed by atoms with Crippen molar-refractivity contribution < 1.29 is 14.5 Å². The second-order valence-corrected chi connectivity index (χ2v) is 6.84. The van der Waals surface area contributed by atoms with Gasteiger partial charge in [-0.3, -0.25) is 14.9 Å². The third-order valence-corrected chi connectivity index (χ3v) is 4.96. The van der Waals surface area contributed by atoms with E-state index in [1.54, 1.807) is 0 Å². The lowest BCUT2D eigenvalue weighted by atomic mass is 10.1. The first-order valence-corrected chi connectivity index (χ1v) is 8.76. The molecule has 0 saturated carbocycles. The number of anilines is 1. The van der Waals surface area contributed by atoms with Crippen LogP contribution in [0, 0.1) is 17.0 Å². The van der Waals surface area contributed by atoms with E-state index >= 15 is 0 Å². The average molecular weight is 360 g/mol. The predicted molar refractivity (Wildman–Crippen MR) is 100 cm³/mol. The van der Waals surface area contributed by atoms with Crippen LogP contribution in [0.25, 0.3) is 0 Å². The Morgan fingerprint density at radius 2 is 2.04 bits per heavy atom. The number of non-ortho nitro benzene ring substituents is 1. The van der Waals surface area contributed by atoms with Crippen molar-refractivity contribution in [3.63, 3.8) is 0 Å². The second kappa shape index (κ2) is 8.53. The van der Waals surface area contributed by atoms with Crippen LogP contribution in [-0.4, -0.2) is 23.2 Å². The SMILES string of the molecule is COc1ccc([N+](=O)[O-])cc1NC(=O)[C@@H](C)SCc1ccccc1C. The number of benzene rings is 2. The van der Waals surface area contributed by atoms with E-state index < -0.39 is 4.92 Å². The van der Waals surface area contributed by atoms with Crippen LogP contribution in [0.4, 0.5) is 11.4 Å². The van der Waals surface area contributed by atoms with Gasteiger partial charge in [0, 0.05) is 17.9 Å². The Hall–Kier alpha value is -2.54. The molecule has 0 radical (unpaired) electrons. The smallest absolute Gasteiger partial charge is 0.271 e. The molecule has 0 saturated heterocycles. The molecule has 25 heavy (non-hydrogen) atoms. The third kappa shape index (κ3) is 4.96. The summed E-state index contributed by atoms with van der Waals surface area (Å²) >= 11 is 1.51. The molecule has 2 aromatic carbocycles. The highest BCUT2D eigenvalue weighted by atomic mass is 32.2. The molecule has 0 bridgehead atoms. The predicted octanol–water partition coefficient (Wildman–Crippen LogP) is 4.17. The minimum atomic E-state index is -0.508. The summed E-state index contributed by atoms with van der Waals surface area (Å²) in [5.74, 6) is 0.875. The molecule has 0 spiro atoms. The van der Waals surface area contributed by atoms with Gasteiger partial charge in [0.15, 0.2) is 0 Å². The maximum Gasteiger partial charge on any atom is 0.271 e. The number of nitrogens with zero attached hydrogens (tertiary/aromatic N) is 1. The maximum atomic E-state index is 12.4. The minimum absolute atomic E-state index is 0.101. The summed E-state index contributed by atoms with van der Waals surface area (Å²) < 4.78 is 5.16. The zero-order valence-corrected chi connectivity index (χ0v) is 15.1. The summed E-state index contributed by atoms with van der Waals surface area (Å²) in [5, 5.41) is 13.3. The van der Waals surface area contributed by atoms with E-state index in [0.29, 0.717) is 17.2 Å². The van der Waals surface area contributed by atoms with Crippen molar-refractivity contribution in [2.75, 3.05) is 12.4 Å². The van der Waals surface area contributed by atoms with Gasteiger partial charge in [0.1, 0.15) is 5.75 Å². The van der Waals surface area contributed by atoms with Crippen molar-refractivity contribution in [3.05, 3.63) is 63.7 Å². The van der Waals surface area contributed by atoms with E-state index in [4.69, 9.17) is 4.74 Å². The fourth-order valence-corrected chi connectivity index (χ4v) is 3.17. The zero-order chi connectivity index (χ0) is 18.4. The minimum Gasteiger partial charge on any atom is -0.495 e. The molecule has 0 fully saturated rings. The van der Waals surface area contributed by atoms with Gasteiger partial charge in [-0.25, -0.2) is 0 Å². The molecule has 7 heteroatoms. The summed E-state index contributed by atoms with van der Waals surface area (Å²) in [7, 11) is 1.45. The lowest BCUT2D eigenvalue weighted by Gasteiger charge is -2.14. The van der Waals surface area contributed by atoms with Crippen molar-refractivity contribution in [3.8, 4) is 5.75 Å². The van der Waals surface area contributed by atoms with Crippen LogP contribution < -0.4 is 10.1 Å². The highest BCUT2D eigenvalue weighted by Gasteiger charge is 2.18. The number of methoxy groups -OCH3 is 1. The number of ether oxygens (including phenoxy) is 1. The Labute approximate surface area is 150 Å². The Kier molecular flexibility index (Phi) is 6.41. The Bertz CT molecular complexity index is 779. The number of carbonyl (C=O) groups excluding carboxylic acids is 1. The van der Waals surface area contributed by atoms with E-state index in [-0.39, 0.29) is 16.8 Å². The molecule has 132 valence electrons. The van der Waals surface area contributed by atoms with Crippen LogP contribution in [0.5, 0.6) is 5.75 Å². The van der Waals surface area contributed by atoms with Gasteiger partial charge < -0.3 is 10.1 Å². The largest absolute Gasteiger partial charge is 0.495 e. The number of rotatable bonds is 7. The Morgan fingerprint density at radius 1 is 1.32 bits per heavy atom.